The molecular formula is C9H16N2O2. The van der Waals surface area contributed by atoms with E-state index >= 15 is 0 Å². The molecule has 2 rings (SSSR count). The van der Waals surface area contributed by atoms with E-state index in [0.29, 0.717) is 6.61 Å². The first kappa shape index (κ1) is 8.81. The highest BCUT2D eigenvalue weighted by molar-refractivity contribution is 5.72. The van der Waals surface area contributed by atoms with E-state index in [4.69, 9.17) is 4.74 Å². The maximum Gasteiger partial charge on any atom is 0.410 e. The molecule has 0 atom stereocenters. The quantitative estimate of drug-likeness (QED) is 0.598. The van der Waals surface area contributed by atoms with Crippen LogP contribution in [0.5, 0.6) is 0 Å². The first-order valence-electron chi connectivity index (χ1n) is 4.64. The summed E-state index contributed by atoms with van der Waals surface area (Å²) in [5, 5.41) is 3.19. The van der Waals surface area contributed by atoms with Crippen LogP contribution in [0.2, 0.25) is 0 Å². The Bertz CT molecular complexity index is 240. The molecule has 4 nitrogen and oxygen atoms in total. The van der Waals surface area contributed by atoms with Crippen molar-refractivity contribution in [2.24, 2.45) is 0 Å². The van der Waals surface area contributed by atoms with Crippen molar-refractivity contribution in [3.05, 3.63) is 0 Å². The molecule has 2 aliphatic heterocycles. The van der Waals surface area contributed by atoms with Crippen molar-refractivity contribution in [1.29, 1.82) is 0 Å². The Kier molecular flexibility index (Phi) is 1.61. The van der Waals surface area contributed by atoms with Gasteiger partial charge in [-0.2, -0.15) is 0 Å². The van der Waals surface area contributed by atoms with E-state index in [2.05, 4.69) is 5.32 Å². The van der Waals surface area contributed by atoms with Crippen LogP contribution in [0.4, 0.5) is 4.79 Å². The molecule has 74 valence electrons. The predicted octanol–water partition coefficient (Wildman–Crippen LogP) is 0.579. The minimum Gasteiger partial charge on any atom is -0.447 e. The van der Waals surface area contributed by atoms with Crippen LogP contribution in [0.3, 0.4) is 0 Å². The Morgan fingerprint density at radius 2 is 2.08 bits per heavy atom. The lowest BCUT2D eigenvalue weighted by atomic mass is 9.88. The molecule has 2 fully saturated rings. The van der Waals surface area contributed by atoms with Gasteiger partial charge >= 0.3 is 6.09 Å². The fraction of sp³-hybridized carbons (Fsp3) is 0.889. The SMILES string of the molecule is CC(C)(C)N1C(=O)OCC12CNC2. The van der Waals surface area contributed by atoms with Gasteiger partial charge in [0.15, 0.2) is 0 Å². The molecule has 13 heavy (non-hydrogen) atoms. The molecule has 0 aliphatic carbocycles. The molecule has 2 heterocycles. The monoisotopic (exact) mass is 184 g/mol. The number of carbonyl (C=O) groups excluding carboxylic acids is 1. The van der Waals surface area contributed by atoms with Gasteiger partial charge in [0.2, 0.25) is 0 Å². The first-order valence-corrected chi connectivity index (χ1v) is 4.64. The van der Waals surface area contributed by atoms with Crippen LogP contribution < -0.4 is 5.32 Å². The molecule has 1 N–H and O–H groups in total. The molecule has 2 aliphatic rings. The topological polar surface area (TPSA) is 41.6 Å². The molecule has 1 spiro atoms. The summed E-state index contributed by atoms with van der Waals surface area (Å²) < 4.78 is 5.10. The van der Waals surface area contributed by atoms with Gasteiger partial charge in [0, 0.05) is 18.6 Å². The average molecular weight is 184 g/mol. The number of ether oxygens (including phenoxy) is 1. The zero-order chi connectivity index (χ0) is 9.69. The summed E-state index contributed by atoms with van der Waals surface area (Å²) in [5.41, 5.74) is -0.203. The van der Waals surface area contributed by atoms with E-state index in [9.17, 15) is 4.79 Å². The van der Waals surface area contributed by atoms with Crippen LogP contribution in [0.25, 0.3) is 0 Å². The summed E-state index contributed by atoms with van der Waals surface area (Å²) >= 11 is 0. The molecule has 1 amide bonds. The van der Waals surface area contributed by atoms with Gasteiger partial charge in [0.1, 0.15) is 12.1 Å². The molecule has 0 bridgehead atoms. The summed E-state index contributed by atoms with van der Waals surface area (Å²) in [5.74, 6) is 0. The normalized spacial score (nSPS) is 26.1. The van der Waals surface area contributed by atoms with Crippen LogP contribution in [0, 0.1) is 0 Å². The van der Waals surface area contributed by atoms with Gasteiger partial charge < -0.3 is 10.1 Å². The van der Waals surface area contributed by atoms with Crippen LogP contribution in [0.15, 0.2) is 0 Å². The third-order valence-electron chi connectivity index (χ3n) is 2.70. The van der Waals surface area contributed by atoms with Crippen molar-refractivity contribution >= 4 is 6.09 Å². The van der Waals surface area contributed by atoms with Gasteiger partial charge in [-0.3, -0.25) is 4.90 Å². The van der Waals surface area contributed by atoms with Crippen molar-refractivity contribution in [2.75, 3.05) is 19.7 Å². The van der Waals surface area contributed by atoms with Crippen LogP contribution in [-0.4, -0.2) is 41.8 Å². The summed E-state index contributed by atoms with van der Waals surface area (Å²) in [6, 6.07) is 0. The van der Waals surface area contributed by atoms with Crippen LogP contribution in [0.1, 0.15) is 20.8 Å². The summed E-state index contributed by atoms with van der Waals surface area (Å²) in [7, 11) is 0. The number of nitrogens with zero attached hydrogens (tertiary/aromatic N) is 1. The second-order valence-electron chi connectivity index (χ2n) is 4.89. The molecule has 0 saturated carbocycles. The Labute approximate surface area is 78.2 Å². The predicted molar refractivity (Wildman–Crippen MR) is 48.5 cm³/mol. The number of rotatable bonds is 0. The van der Waals surface area contributed by atoms with Gasteiger partial charge in [-0.15, -0.1) is 0 Å². The largest absolute Gasteiger partial charge is 0.447 e. The molecule has 2 saturated heterocycles. The maximum atomic E-state index is 11.5. The van der Waals surface area contributed by atoms with Gasteiger partial charge in [-0.1, -0.05) is 0 Å². The van der Waals surface area contributed by atoms with E-state index in [-0.39, 0.29) is 17.2 Å². The number of carbonyl (C=O) groups is 1. The molecular weight excluding hydrogens is 168 g/mol. The maximum absolute atomic E-state index is 11.5. The summed E-state index contributed by atoms with van der Waals surface area (Å²) in [6.07, 6.45) is -0.172. The number of hydrogen-bond acceptors (Lipinski definition) is 3. The average Bonchev–Trinajstić information content (AvgIpc) is 2.23. The zero-order valence-electron chi connectivity index (χ0n) is 8.39. The van der Waals surface area contributed by atoms with Crippen molar-refractivity contribution in [2.45, 2.75) is 31.8 Å². The number of amides is 1. The highest BCUT2D eigenvalue weighted by atomic mass is 16.6. The Hall–Kier alpha value is -0.770. The molecule has 0 aromatic carbocycles. The van der Waals surface area contributed by atoms with Crippen molar-refractivity contribution in [1.82, 2.24) is 10.2 Å². The Balaban J connectivity index is 2.26. The lowest BCUT2D eigenvalue weighted by Gasteiger charge is -2.49. The molecule has 0 radical (unpaired) electrons. The summed E-state index contributed by atoms with van der Waals surface area (Å²) in [6.45, 7) is 8.38. The van der Waals surface area contributed by atoms with E-state index < -0.39 is 0 Å². The first-order chi connectivity index (χ1) is 5.96. The van der Waals surface area contributed by atoms with Crippen molar-refractivity contribution in [3.63, 3.8) is 0 Å². The van der Waals surface area contributed by atoms with E-state index in [1.807, 2.05) is 25.7 Å². The third-order valence-corrected chi connectivity index (χ3v) is 2.70. The van der Waals surface area contributed by atoms with Gasteiger partial charge in [0.05, 0.1) is 0 Å². The standard InChI is InChI=1S/C9H16N2O2/c1-8(2,3)11-7(12)13-6-9(11)4-10-5-9/h10H,4-6H2,1-3H3. The van der Waals surface area contributed by atoms with Gasteiger partial charge in [-0.05, 0) is 20.8 Å². The number of cyclic esters (lactones) is 1. The second-order valence-corrected chi connectivity index (χ2v) is 4.89. The third kappa shape index (κ3) is 1.12. The van der Waals surface area contributed by atoms with Crippen molar-refractivity contribution in [3.8, 4) is 0 Å². The van der Waals surface area contributed by atoms with Crippen molar-refractivity contribution < 1.29 is 9.53 Å². The zero-order valence-corrected chi connectivity index (χ0v) is 8.39. The van der Waals surface area contributed by atoms with Crippen LogP contribution in [-0.2, 0) is 4.74 Å². The van der Waals surface area contributed by atoms with Gasteiger partial charge in [0.25, 0.3) is 0 Å². The molecule has 4 heteroatoms. The molecule has 0 aromatic heterocycles. The van der Waals surface area contributed by atoms with E-state index in [1.165, 1.54) is 0 Å². The Morgan fingerprint density at radius 3 is 2.38 bits per heavy atom. The lowest BCUT2D eigenvalue weighted by molar-refractivity contribution is 0.0414. The van der Waals surface area contributed by atoms with E-state index in [1.54, 1.807) is 0 Å². The number of nitrogens with one attached hydrogen (secondary N) is 1. The highest BCUT2D eigenvalue weighted by Crippen LogP contribution is 2.34. The highest BCUT2D eigenvalue weighted by Gasteiger charge is 2.55. The fourth-order valence-corrected chi connectivity index (χ4v) is 2.18. The smallest absolute Gasteiger partial charge is 0.410 e. The summed E-state index contributed by atoms with van der Waals surface area (Å²) in [4.78, 5) is 13.4. The lowest BCUT2D eigenvalue weighted by Crippen LogP contribution is -2.71. The van der Waals surface area contributed by atoms with Gasteiger partial charge in [-0.25, -0.2) is 4.79 Å². The Morgan fingerprint density at radius 1 is 1.46 bits per heavy atom. The number of hydrogen-bond donors (Lipinski definition) is 1. The van der Waals surface area contributed by atoms with Crippen LogP contribution >= 0.6 is 0 Å². The molecule has 0 aromatic rings. The fourth-order valence-electron chi connectivity index (χ4n) is 2.18. The molecule has 0 unspecified atom stereocenters. The second kappa shape index (κ2) is 2.38. The van der Waals surface area contributed by atoms with E-state index in [0.717, 1.165) is 13.1 Å². The minimum atomic E-state index is -0.172. The minimum absolute atomic E-state index is 0.0602.